The molecule has 1 saturated heterocycles. The van der Waals surface area contributed by atoms with E-state index >= 15 is 0 Å². The molecule has 1 fully saturated rings. The van der Waals surface area contributed by atoms with Gasteiger partial charge >= 0.3 is 0 Å². The molecular formula is C12H15N3O2. The fourth-order valence-corrected chi connectivity index (χ4v) is 1.67. The molecule has 0 aromatic heterocycles. The van der Waals surface area contributed by atoms with Crippen LogP contribution in [0.15, 0.2) is 29.4 Å². The highest BCUT2D eigenvalue weighted by Gasteiger charge is 2.29. The molecule has 5 nitrogen and oxygen atoms in total. The van der Waals surface area contributed by atoms with Crippen LogP contribution in [0.2, 0.25) is 0 Å². The van der Waals surface area contributed by atoms with Crippen LogP contribution in [0.4, 0.5) is 5.69 Å². The Hall–Kier alpha value is -1.55. The lowest BCUT2D eigenvalue weighted by atomic mass is 9.95. The fraction of sp³-hybridized carbons (Fsp3) is 0.500. The summed E-state index contributed by atoms with van der Waals surface area (Å²) in [5, 5.41) is 3.56. The summed E-state index contributed by atoms with van der Waals surface area (Å²) in [5.41, 5.74) is 9.89. The van der Waals surface area contributed by atoms with Crippen LogP contribution in [0.25, 0.3) is 10.4 Å². The summed E-state index contributed by atoms with van der Waals surface area (Å²) in [6.07, 6.45) is -0.364. The van der Waals surface area contributed by atoms with E-state index in [1.807, 2.05) is 12.1 Å². The molecule has 0 atom stereocenters. The van der Waals surface area contributed by atoms with Gasteiger partial charge in [-0.15, -0.1) is 0 Å². The van der Waals surface area contributed by atoms with Gasteiger partial charge in [0.25, 0.3) is 0 Å². The summed E-state index contributed by atoms with van der Waals surface area (Å²) in [5.74, 6) is 0. The van der Waals surface area contributed by atoms with Crippen molar-refractivity contribution in [1.29, 1.82) is 0 Å². The third-order valence-corrected chi connectivity index (χ3v) is 2.55. The van der Waals surface area contributed by atoms with E-state index in [1.165, 1.54) is 0 Å². The Bertz CT molecular complexity index is 443. The molecule has 1 aromatic rings. The number of nitrogens with zero attached hydrogens (tertiary/aromatic N) is 3. The molecule has 1 aliphatic rings. The van der Waals surface area contributed by atoms with Crippen molar-refractivity contribution in [3.8, 4) is 0 Å². The fourth-order valence-electron chi connectivity index (χ4n) is 1.67. The summed E-state index contributed by atoms with van der Waals surface area (Å²) < 4.78 is 11.3. The first kappa shape index (κ1) is 11.9. The number of azide groups is 1. The molecule has 1 heterocycles. The minimum absolute atomic E-state index is 0.0545. The number of benzene rings is 1. The van der Waals surface area contributed by atoms with Crippen molar-refractivity contribution in [2.75, 3.05) is 13.2 Å². The molecule has 1 aromatic carbocycles. The van der Waals surface area contributed by atoms with Crippen LogP contribution >= 0.6 is 0 Å². The Kier molecular flexibility index (Phi) is 3.33. The minimum Gasteiger partial charge on any atom is -0.348 e. The van der Waals surface area contributed by atoms with E-state index in [9.17, 15) is 0 Å². The molecule has 0 aliphatic carbocycles. The van der Waals surface area contributed by atoms with Gasteiger partial charge in [-0.1, -0.05) is 37.2 Å². The molecule has 0 unspecified atom stereocenters. The van der Waals surface area contributed by atoms with E-state index in [0.717, 1.165) is 5.56 Å². The maximum atomic E-state index is 8.39. The quantitative estimate of drug-likeness (QED) is 0.444. The number of ether oxygens (including phenoxy) is 2. The standard InChI is InChI=1S/C12H15N3O2/c1-12(2)7-16-11(17-8-12)9-4-3-5-10(6-9)14-15-13/h3-6,11H,7-8H2,1-2H3. The van der Waals surface area contributed by atoms with Crippen LogP contribution in [-0.2, 0) is 9.47 Å². The molecule has 0 saturated carbocycles. The van der Waals surface area contributed by atoms with Gasteiger partial charge in [0.05, 0.1) is 13.2 Å². The van der Waals surface area contributed by atoms with Crippen molar-refractivity contribution in [2.24, 2.45) is 10.5 Å². The van der Waals surface area contributed by atoms with Gasteiger partial charge in [-0.3, -0.25) is 0 Å². The van der Waals surface area contributed by atoms with Gasteiger partial charge in [0, 0.05) is 21.6 Å². The molecule has 17 heavy (non-hydrogen) atoms. The Morgan fingerprint density at radius 1 is 1.35 bits per heavy atom. The van der Waals surface area contributed by atoms with Gasteiger partial charge in [0.15, 0.2) is 6.29 Å². The molecule has 0 amide bonds. The van der Waals surface area contributed by atoms with E-state index in [0.29, 0.717) is 18.9 Å². The van der Waals surface area contributed by atoms with Crippen molar-refractivity contribution in [3.63, 3.8) is 0 Å². The monoisotopic (exact) mass is 233 g/mol. The first-order valence-corrected chi connectivity index (χ1v) is 5.49. The number of rotatable bonds is 2. The van der Waals surface area contributed by atoms with Crippen LogP contribution in [-0.4, -0.2) is 13.2 Å². The zero-order valence-corrected chi connectivity index (χ0v) is 9.96. The summed E-state index contributed by atoms with van der Waals surface area (Å²) in [6, 6.07) is 7.25. The lowest BCUT2D eigenvalue weighted by Crippen LogP contribution is -2.33. The SMILES string of the molecule is CC1(C)COC(c2cccc(N=[N+]=[N-])c2)OC1. The van der Waals surface area contributed by atoms with Gasteiger partial charge in [-0.05, 0) is 11.6 Å². The van der Waals surface area contributed by atoms with Crippen LogP contribution in [0.1, 0.15) is 25.7 Å². The number of hydrogen-bond acceptors (Lipinski definition) is 3. The number of hydrogen-bond donors (Lipinski definition) is 0. The molecule has 0 spiro atoms. The average molecular weight is 233 g/mol. The highest BCUT2D eigenvalue weighted by Crippen LogP contribution is 2.32. The largest absolute Gasteiger partial charge is 0.348 e. The second-order valence-corrected chi connectivity index (χ2v) is 4.90. The van der Waals surface area contributed by atoms with Crippen LogP contribution in [0.3, 0.4) is 0 Å². The maximum absolute atomic E-state index is 8.39. The average Bonchev–Trinajstić information content (AvgIpc) is 2.30. The minimum atomic E-state index is -0.364. The van der Waals surface area contributed by atoms with Gasteiger partial charge in [0.2, 0.25) is 0 Å². The predicted octanol–water partition coefficient (Wildman–Crippen LogP) is 3.70. The topological polar surface area (TPSA) is 67.2 Å². The van der Waals surface area contributed by atoms with E-state index in [2.05, 4.69) is 23.9 Å². The van der Waals surface area contributed by atoms with Gasteiger partial charge in [-0.2, -0.15) is 0 Å². The van der Waals surface area contributed by atoms with Crippen molar-refractivity contribution in [3.05, 3.63) is 40.3 Å². The van der Waals surface area contributed by atoms with Crippen molar-refractivity contribution < 1.29 is 9.47 Å². The second kappa shape index (κ2) is 4.75. The zero-order valence-electron chi connectivity index (χ0n) is 9.96. The van der Waals surface area contributed by atoms with Crippen LogP contribution < -0.4 is 0 Å². The Morgan fingerprint density at radius 3 is 2.71 bits per heavy atom. The third kappa shape index (κ3) is 2.97. The lowest BCUT2D eigenvalue weighted by Gasteiger charge is -2.34. The molecule has 1 aliphatic heterocycles. The second-order valence-electron chi connectivity index (χ2n) is 4.90. The normalized spacial score (nSPS) is 19.6. The summed E-state index contributed by atoms with van der Waals surface area (Å²) in [7, 11) is 0. The zero-order chi connectivity index (χ0) is 12.3. The van der Waals surface area contributed by atoms with Crippen molar-refractivity contribution >= 4 is 5.69 Å². The molecule has 0 bridgehead atoms. The third-order valence-electron chi connectivity index (χ3n) is 2.55. The molecule has 5 heteroatoms. The maximum Gasteiger partial charge on any atom is 0.183 e. The van der Waals surface area contributed by atoms with Gasteiger partial charge < -0.3 is 9.47 Å². The Balaban J connectivity index is 2.13. The molecule has 0 N–H and O–H groups in total. The van der Waals surface area contributed by atoms with Crippen LogP contribution in [0, 0.1) is 5.41 Å². The Morgan fingerprint density at radius 2 is 2.06 bits per heavy atom. The smallest absolute Gasteiger partial charge is 0.183 e. The highest BCUT2D eigenvalue weighted by atomic mass is 16.7. The first-order valence-electron chi connectivity index (χ1n) is 5.49. The first-order chi connectivity index (χ1) is 8.11. The lowest BCUT2D eigenvalue weighted by molar-refractivity contribution is -0.226. The van der Waals surface area contributed by atoms with E-state index in [1.54, 1.807) is 12.1 Å². The molecule has 90 valence electrons. The van der Waals surface area contributed by atoms with Gasteiger partial charge in [-0.25, -0.2) is 0 Å². The molecule has 0 radical (unpaired) electrons. The van der Waals surface area contributed by atoms with E-state index in [-0.39, 0.29) is 11.7 Å². The molecule has 2 rings (SSSR count). The van der Waals surface area contributed by atoms with Crippen molar-refractivity contribution in [1.82, 2.24) is 0 Å². The van der Waals surface area contributed by atoms with E-state index < -0.39 is 0 Å². The molecular weight excluding hydrogens is 218 g/mol. The predicted molar refractivity (Wildman–Crippen MR) is 63.7 cm³/mol. The Labute approximate surface area is 100.0 Å². The van der Waals surface area contributed by atoms with Crippen molar-refractivity contribution in [2.45, 2.75) is 20.1 Å². The van der Waals surface area contributed by atoms with E-state index in [4.69, 9.17) is 15.0 Å². The highest BCUT2D eigenvalue weighted by molar-refractivity contribution is 5.40. The summed E-state index contributed by atoms with van der Waals surface area (Å²) in [6.45, 7) is 5.51. The summed E-state index contributed by atoms with van der Waals surface area (Å²) in [4.78, 5) is 2.76. The summed E-state index contributed by atoms with van der Waals surface area (Å²) >= 11 is 0. The van der Waals surface area contributed by atoms with Crippen LogP contribution in [0.5, 0.6) is 0 Å². The van der Waals surface area contributed by atoms with Gasteiger partial charge in [0.1, 0.15) is 0 Å².